The van der Waals surface area contributed by atoms with Gasteiger partial charge in [-0.15, -0.1) is 0 Å². The van der Waals surface area contributed by atoms with E-state index in [9.17, 15) is 0 Å². The van der Waals surface area contributed by atoms with Crippen LogP contribution in [0.2, 0.25) is 0 Å². The number of nitrogens with zero attached hydrogens (tertiary/aromatic N) is 6. The molecule has 0 amide bonds. The standard InChI is InChI=1S/C104H98N8O16/c1-9-25-73(26-10-1)65-113-41-49-121-89-57-81-82(58-90(89)122-50-42-114-66-74-27-11-2-12-28-74)98-105-97(81)109-99-83-59-91(123-51-43-115-67-75-29-13-3-14-30-75)92(124-52-44-116-68-76-31-15-4-16-32-76)60-84(83)101(106-99)111-103-87-63-95(127-55-47-119-71-79-37-21-7-22-38-79)96(128-56-48-120-72-80-39-23-8-24-40-80)64-88(87)104(108-103)112-102-86-62-94(126-54-46-118-70-78-35-19-6-20-36-78)93(61-85(86)100(107-102)110-98)125-53-45-117-69-77-33-17-5-18-34-77/h1-40,57-64H,41-56,65-72H2,(H2,105,106,107,108,109,110,111,112). The lowest BCUT2D eigenvalue weighted by Crippen LogP contribution is -2.10. The first-order valence-corrected chi connectivity index (χ1v) is 43.0. The summed E-state index contributed by atoms with van der Waals surface area (Å²) in [5.74, 6) is 4.23. The van der Waals surface area contributed by atoms with E-state index in [-0.39, 0.29) is 129 Å². The van der Waals surface area contributed by atoms with E-state index in [1.54, 1.807) is 0 Å². The second kappa shape index (κ2) is 44.8. The van der Waals surface area contributed by atoms with E-state index >= 15 is 0 Å². The fraction of sp³-hybridized carbons (Fsp3) is 0.231. The number of fused-ring (bicyclic) bond motifs is 20. The molecule has 0 fully saturated rings. The monoisotopic (exact) mass is 1710 g/mol. The molecule has 0 saturated carbocycles. The minimum absolute atomic E-state index is 0.158. The lowest BCUT2D eigenvalue weighted by atomic mass is 10.1. The smallest absolute Gasteiger partial charge is 0.164 e. The topological polar surface area (TPSA) is 257 Å². The summed E-state index contributed by atoms with van der Waals surface area (Å²) in [6.07, 6.45) is 0. The van der Waals surface area contributed by atoms with Gasteiger partial charge in [0.2, 0.25) is 0 Å². The van der Waals surface area contributed by atoms with Crippen molar-refractivity contribution in [3.63, 3.8) is 0 Å². The van der Waals surface area contributed by atoms with Gasteiger partial charge in [-0.2, -0.15) is 0 Å². The van der Waals surface area contributed by atoms with Crippen LogP contribution < -0.4 is 37.9 Å². The highest BCUT2D eigenvalue weighted by Gasteiger charge is 2.29. The van der Waals surface area contributed by atoms with Crippen molar-refractivity contribution in [3.8, 4) is 91.5 Å². The Morgan fingerprint density at radius 3 is 0.469 bits per heavy atom. The zero-order valence-corrected chi connectivity index (χ0v) is 70.9. The van der Waals surface area contributed by atoms with Crippen molar-refractivity contribution in [2.24, 2.45) is 0 Å². The predicted octanol–water partition coefficient (Wildman–Crippen LogP) is 19.6. The van der Waals surface area contributed by atoms with Gasteiger partial charge >= 0.3 is 0 Å². The van der Waals surface area contributed by atoms with Crippen molar-refractivity contribution in [2.75, 3.05) is 106 Å². The number of aromatic nitrogens is 8. The Hall–Kier alpha value is -13.9. The van der Waals surface area contributed by atoms with Crippen LogP contribution in [0.4, 0.5) is 0 Å². The second-order valence-electron chi connectivity index (χ2n) is 30.1. The number of hydrogen-bond acceptors (Lipinski definition) is 22. The molecule has 0 aliphatic carbocycles. The number of ether oxygens (including phenoxy) is 16. The fourth-order valence-electron chi connectivity index (χ4n) is 14.5. The van der Waals surface area contributed by atoms with Gasteiger partial charge in [-0.25, -0.2) is 29.9 Å². The molecule has 24 heteroatoms. The minimum Gasteiger partial charge on any atom is -0.487 e. The van der Waals surface area contributed by atoms with Gasteiger partial charge in [0.25, 0.3) is 0 Å². The number of hydrogen-bond donors (Lipinski definition) is 2. The summed E-state index contributed by atoms with van der Waals surface area (Å²) < 4.78 is 104. The molecular formula is C104H98N8O16. The molecule has 15 aromatic rings. The van der Waals surface area contributed by atoms with Gasteiger partial charge in [0, 0.05) is 43.8 Å². The molecule has 0 spiro atoms. The van der Waals surface area contributed by atoms with Crippen LogP contribution >= 0.6 is 0 Å². The van der Waals surface area contributed by atoms with Crippen molar-refractivity contribution >= 4 is 44.1 Å². The van der Waals surface area contributed by atoms with E-state index < -0.39 is 0 Å². The van der Waals surface area contributed by atoms with Gasteiger partial charge in [0.1, 0.15) is 75.4 Å². The zero-order chi connectivity index (χ0) is 86.4. The Balaban J connectivity index is 0.841. The van der Waals surface area contributed by atoms with Crippen LogP contribution in [0, 0.1) is 0 Å². The molecule has 2 aliphatic rings. The van der Waals surface area contributed by atoms with Crippen LogP contribution in [0.3, 0.4) is 0 Å². The lowest BCUT2D eigenvalue weighted by Gasteiger charge is -2.15. The summed E-state index contributed by atoms with van der Waals surface area (Å²) in [4.78, 5) is 40.6. The largest absolute Gasteiger partial charge is 0.487 e. The molecule has 24 nitrogen and oxygen atoms in total. The number of benzene rings is 12. The molecule has 2 N–H and O–H groups in total. The normalized spacial score (nSPS) is 11.5. The highest BCUT2D eigenvalue weighted by atomic mass is 16.6. The number of aromatic amines is 2. The number of H-pyrrole nitrogens is 2. The number of nitrogens with one attached hydrogen (secondary N) is 2. The van der Waals surface area contributed by atoms with Crippen molar-refractivity contribution in [3.05, 3.63) is 336 Å². The summed E-state index contributed by atoms with van der Waals surface area (Å²) in [6, 6.07) is 95.2. The third-order valence-electron chi connectivity index (χ3n) is 20.9. The highest BCUT2D eigenvalue weighted by molar-refractivity contribution is 6.08. The molecule has 128 heavy (non-hydrogen) atoms. The van der Waals surface area contributed by atoms with Crippen molar-refractivity contribution in [1.29, 1.82) is 0 Å². The average molecular weight is 1720 g/mol. The van der Waals surface area contributed by atoms with Gasteiger partial charge in [-0.1, -0.05) is 243 Å². The molecule has 0 saturated heterocycles. The number of rotatable bonds is 48. The van der Waals surface area contributed by atoms with E-state index in [1.165, 1.54) is 0 Å². The fourth-order valence-corrected chi connectivity index (χ4v) is 14.5. The van der Waals surface area contributed by atoms with Gasteiger partial charge in [-0.05, 0) is 93.0 Å². The molecule has 3 aromatic heterocycles. The van der Waals surface area contributed by atoms with E-state index in [0.29, 0.717) is 165 Å². The average Bonchev–Trinajstić information content (AvgIpc) is 1.59. The third kappa shape index (κ3) is 23.6. The van der Waals surface area contributed by atoms with E-state index in [2.05, 4.69) is 9.97 Å². The summed E-state index contributed by atoms with van der Waals surface area (Å²) in [5.41, 5.74) is 11.8. The van der Waals surface area contributed by atoms with Crippen LogP contribution in [-0.4, -0.2) is 146 Å². The zero-order valence-electron chi connectivity index (χ0n) is 70.9. The SMILES string of the molecule is c1ccc(COCCOc2cc3c(cc2OCCOCc2ccccc2)-c2nc-3nc3[nH]c(nc4nc(nc5[nH]c(n2)c2cc(OCCOCc6ccccc6)c(OCCOCc6ccccc6)cc52)-c2cc(OCCOCc5ccccc5)c(OCCOCc5ccccc5)cc2-4)c2cc(OCCOCc4ccccc4)c(OCCOCc4ccccc4)cc32)cc1. The van der Waals surface area contributed by atoms with Crippen molar-refractivity contribution < 1.29 is 75.8 Å². The van der Waals surface area contributed by atoms with Crippen LogP contribution in [0.25, 0.3) is 89.7 Å². The predicted molar refractivity (Wildman–Crippen MR) is 489 cm³/mol. The molecule has 12 aromatic carbocycles. The maximum atomic E-state index is 6.77. The second-order valence-corrected chi connectivity index (χ2v) is 30.1. The van der Waals surface area contributed by atoms with Crippen LogP contribution in [0.1, 0.15) is 44.5 Å². The van der Waals surface area contributed by atoms with Crippen LogP contribution in [0.15, 0.2) is 291 Å². The third-order valence-corrected chi connectivity index (χ3v) is 20.9. The van der Waals surface area contributed by atoms with E-state index in [1.807, 2.05) is 291 Å². The molecule has 8 bridgehead atoms. The Morgan fingerprint density at radius 1 is 0.164 bits per heavy atom. The quantitative estimate of drug-likeness (QED) is 0.0336. The molecule has 5 heterocycles. The molecule has 0 unspecified atom stereocenters. The Bertz CT molecular complexity index is 5500. The van der Waals surface area contributed by atoms with Crippen molar-refractivity contribution in [2.45, 2.75) is 52.9 Å². The van der Waals surface area contributed by atoms with E-state index in [0.717, 1.165) is 44.5 Å². The first-order chi connectivity index (χ1) is 63.5. The maximum Gasteiger partial charge on any atom is 0.164 e. The van der Waals surface area contributed by atoms with Gasteiger partial charge < -0.3 is 85.8 Å². The van der Waals surface area contributed by atoms with Gasteiger partial charge in [0.05, 0.1) is 106 Å². The molecule has 2 aliphatic heterocycles. The van der Waals surface area contributed by atoms with Crippen LogP contribution in [0.5, 0.6) is 46.0 Å². The summed E-state index contributed by atoms with van der Waals surface area (Å²) in [6.45, 7) is 6.37. The van der Waals surface area contributed by atoms with E-state index in [4.69, 9.17) is 106 Å². The van der Waals surface area contributed by atoms with Crippen LogP contribution in [-0.2, 0) is 90.7 Å². The summed E-state index contributed by atoms with van der Waals surface area (Å²) in [5, 5.41) is 2.34. The molecule has 0 radical (unpaired) electrons. The first kappa shape index (κ1) is 86.2. The molecule has 0 atom stereocenters. The molecule has 17 rings (SSSR count). The summed E-state index contributed by atoms with van der Waals surface area (Å²) >= 11 is 0. The van der Waals surface area contributed by atoms with Gasteiger partial charge in [-0.3, -0.25) is 0 Å². The van der Waals surface area contributed by atoms with Gasteiger partial charge in [0.15, 0.2) is 69.3 Å². The van der Waals surface area contributed by atoms with Crippen molar-refractivity contribution in [1.82, 2.24) is 39.9 Å². The lowest BCUT2D eigenvalue weighted by molar-refractivity contribution is 0.0806. The maximum absolute atomic E-state index is 6.77. The Labute approximate surface area is 741 Å². The minimum atomic E-state index is 0.158. The first-order valence-electron chi connectivity index (χ1n) is 43.0. The Kier molecular flexibility index (Phi) is 30.2. The highest BCUT2D eigenvalue weighted by Crippen LogP contribution is 2.47. The molecule has 650 valence electrons. The Morgan fingerprint density at radius 2 is 0.312 bits per heavy atom. The summed E-state index contributed by atoms with van der Waals surface area (Å²) in [7, 11) is 0. The molecular weight excluding hydrogens is 1620 g/mol.